The fraction of sp³-hybridized carbons (Fsp3) is 0.167. The number of amides is 1. The Hall–Kier alpha value is -2.53. The number of benzene rings is 1. The molecule has 0 bridgehead atoms. The third-order valence-electron chi connectivity index (χ3n) is 3.81. The van der Waals surface area contributed by atoms with Crippen LogP contribution in [0, 0.1) is 12.7 Å². The van der Waals surface area contributed by atoms with Crippen molar-refractivity contribution in [2.45, 2.75) is 13.5 Å². The van der Waals surface area contributed by atoms with E-state index in [1.165, 1.54) is 11.0 Å². The van der Waals surface area contributed by atoms with Crippen molar-refractivity contribution in [2.75, 3.05) is 10.8 Å². The summed E-state index contributed by atoms with van der Waals surface area (Å²) in [5, 5.41) is 0.863. The van der Waals surface area contributed by atoms with E-state index in [-0.39, 0.29) is 24.1 Å². The van der Waals surface area contributed by atoms with Gasteiger partial charge in [-0.2, -0.15) is 0 Å². The van der Waals surface area contributed by atoms with Gasteiger partial charge in [-0.05, 0) is 42.8 Å². The molecule has 3 rings (SSSR count). The Bertz CT molecular complexity index is 880. The number of alkyl halides is 1. The van der Waals surface area contributed by atoms with Crippen LogP contribution < -0.4 is 4.90 Å². The van der Waals surface area contributed by atoms with Crippen molar-refractivity contribution in [1.82, 2.24) is 9.97 Å². The molecule has 0 aliphatic rings. The van der Waals surface area contributed by atoms with Gasteiger partial charge in [-0.25, -0.2) is 14.4 Å². The van der Waals surface area contributed by atoms with Crippen LogP contribution in [0.5, 0.6) is 0 Å². The molecular weight excluding hydrogens is 329 g/mol. The van der Waals surface area contributed by atoms with Crippen LogP contribution in [0.3, 0.4) is 0 Å². The number of fused-ring (bicyclic) bond motifs is 1. The summed E-state index contributed by atoms with van der Waals surface area (Å²) >= 11 is 5.73. The van der Waals surface area contributed by atoms with E-state index in [0.717, 1.165) is 10.9 Å². The first-order valence-corrected chi connectivity index (χ1v) is 7.95. The van der Waals surface area contributed by atoms with Gasteiger partial charge in [0.05, 0.1) is 6.54 Å². The van der Waals surface area contributed by atoms with Gasteiger partial charge in [0.25, 0.3) is 0 Å². The Morgan fingerprint density at radius 3 is 2.79 bits per heavy atom. The zero-order chi connectivity index (χ0) is 17.1. The molecule has 0 spiro atoms. The van der Waals surface area contributed by atoms with E-state index >= 15 is 0 Å². The number of halogens is 2. The fourth-order valence-electron chi connectivity index (χ4n) is 2.49. The lowest BCUT2D eigenvalue weighted by Gasteiger charge is -2.22. The fourth-order valence-corrected chi connectivity index (χ4v) is 2.63. The number of hydrogen-bond donors (Lipinski definition) is 0. The van der Waals surface area contributed by atoms with Crippen molar-refractivity contribution in [2.24, 2.45) is 0 Å². The Morgan fingerprint density at radius 1 is 1.21 bits per heavy atom. The molecular formula is C18H15ClFN3O. The van der Waals surface area contributed by atoms with Gasteiger partial charge < -0.3 is 0 Å². The highest BCUT2D eigenvalue weighted by molar-refractivity contribution is 6.29. The molecule has 1 aromatic carbocycles. The molecule has 2 heterocycles. The van der Waals surface area contributed by atoms with Crippen LogP contribution in [-0.4, -0.2) is 21.8 Å². The average Bonchev–Trinajstić information content (AvgIpc) is 2.60. The molecule has 0 saturated heterocycles. The monoisotopic (exact) mass is 343 g/mol. The molecule has 0 saturated carbocycles. The molecule has 0 fully saturated rings. The SMILES string of the molecule is Cc1cccc(F)c1CN(C(=O)CCl)c1ccc2cccnc2n1. The molecule has 4 nitrogen and oxygen atoms in total. The van der Waals surface area contributed by atoms with Gasteiger partial charge in [0.15, 0.2) is 5.65 Å². The molecule has 24 heavy (non-hydrogen) atoms. The number of carbonyl (C=O) groups excluding carboxylic acids is 1. The highest BCUT2D eigenvalue weighted by Crippen LogP contribution is 2.22. The zero-order valence-electron chi connectivity index (χ0n) is 13.0. The summed E-state index contributed by atoms with van der Waals surface area (Å²) in [7, 11) is 0. The Kier molecular flexibility index (Phi) is 4.71. The van der Waals surface area contributed by atoms with Crippen molar-refractivity contribution >= 4 is 34.4 Å². The largest absolute Gasteiger partial charge is 0.291 e. The summed E-state index contributed by atoms with van der Waals surface area (Å²) in [4.78, 5) is 22.3. The van der Waals surface area contributed by atoms with E-state index < -0.39 is 0 Å². The maximum atomic E-state index is 14.1. The molecule has 0 aliphatic carbocycles. The number of carbonyl (C=O) groups is 1. The molecule has 0 atom stereocenters. The molecule has 1 amide bonds. The lowest BCUT2D eigenvalue weighted by molar-refractivity contribution is -0.116. The van der Waals surface area contributed by atoms with Crippen LogP contribution in [0.4, 0.5) is 10.2 Å². The quantitative estimate of drug-likeness (QED) is 0.676. The lowest BCUT2D eigenvalue weighted by Crippen LogP contribution is -2.32. The number of rotatable bonds is 4. The van der Waals surface area contributed by atoms with Gasteiger partial charge >= 0.3 is 0 Å². The number of hydrogen-bond acceptors (Lipinski definition) is 3. The van der Waals surface area contributed by atoms with Crippen molar-refractivity contribution in [3.63, 3.8) is 0 Å². The van der Waals surface area contributed by atoms with Gasteiger partial charge in [0.2, 0.25) is 5.91 Å². The smallest absolute Gasteiger partial charge is 0.243 e. The van der Waals surface area contributed by atoms with E-state index in [0.29, 0.717) is 17.0 Å². The predicted molar refractivity (Wildman–Crippen MR) is 92.6 cm³/mol. The van der Waals surface area contributed by atoms with Crippen LogP contribution in [0.1, 0.15) is 11.1 Å². The van der Waals surface area contributed by atoms with E-state index in [2.05, 4.69) is 9.97 Å². The van der Waals surface area contributed by atoms with Crippen molar-refractivity contribution in [1.29, 1.82) is 0 Å². The number of pyridine rings is 2. The number of anilines is 1. The molecule has 122 valence electrons. The third kappa shape index (κ3) is 3.21. The van der Waals surface area contributed by atoms with Gasteiger partial charge in [0, 0.05) is 17.1 Å². The number of aryl methyl sites for hydroxylation is 1. The van der Waals surface area contributed by atoms with E-state index in [1.54, 1.807) is 31.3 Å². The first kappa shape index (κ1) is 16.3. The minimum Gasteiger partial charge on any atom is -0.291 e. The molecule has 6 heteroatoms. The van der Waals surface area contributed by atoms with Crippen molar-refractivity contribution in [3.05, 3.63) is 65.6 Å². The first-order valence-electron chi connectivity index (χ1n) is 7.42. The van der Waals surface area contributed by atoms with Gasteiger partial charge in [0.1, 0.15) is 17.5 Å². The summed E-state index contributed by atoms with van der Waals surface area (Å²) in [5.74, 6) is -0.520. The summed E-state index contributed by atoms with van der Waals surface area (Å²) in [6.45, 7) is 1.87. The third-order valence-corrected chi connectivity index (χ3v) is 4.04. The summed E-state index contributed by atoms with van der Waals surface area (Å²) in [6, 6.07) is 12.1. The maximum Gasteiger partial charge on any atom is 0.243 e. The minimum absolute atomic E-state index is 0.0649. The van der Waals surface area contributed by atoms with Gasteiger partial charge in [-0.3, -0.25) is 9.69 Å². The van der Waals surface area contributed by atoms with Crippen LogP contribution in [-0.2, 0) is 11.3 Å². The second-order valence-electron chi connectivity index (χ2n) is 5.37. The Balaban J connectivity index is 2.04. The van der Waals surface area contributed by atoms with Crippen molar-refractivity contribution in [3.8, 4) is 0 Å². The van der Waals surface area contributed by atoms with Crippen LogP contribution in [0.15, 0.2) is 48.7 Å². The minimum atomic E-state index is -0.360. The molecule has 0 N–H and O–H groups in total. The van der Waals surface area contributed by atoms with E-state index in [1.807, 2.05) is 18.2 Å². The second kappa shape index (κ2) is 6.93. The number of nitrogens with zero attached hydrogens (tertiary/aromatic N) is 3. The van der Waals surface area contributed by atoms with Crippen LogP contribution >= 0.6 is 11.6 Å². The summed E-state index contributed by atoms with van der Waals surface area (Å²) < 4.78 is 14.1. The highest BCUT2D eigenvalue weighted by atomic mass is 35.5. The van der Waals surface area contributed by atoms with E-state index in [4.69, 9.17) is 11.6 Å². The lowest BCUT2D eigenvalue weighted by atomic mass is 10.1. The molecule has 0 unspecified atom stereocenters. The summed E-state index contributed by atoms with van der Waals surface area (Å²) in [6.07, 6.45) is 1.63. The maximum absolute atomic E-state index is 14.1. The normalized spacial score (nSPS) is 10.8. The standard InChI is InChI=1S/C18H15ClFN3O/c1-12-4-2-6-15(20)14(12)11-23(17(24)10-19)16-8-7-13-5-3-9-21-18(13)22-16/h2-9H,10-11H2,1H3. The molecule has 0 radical (unpaired) electrons. The Labute approximate surface area is 143 Å². The zero-order valence-corrected chi connectivity index (χ0v) is 13.8. The van der Waals surface area contributed by atoms with Crippen LogP contribution in [0.2, 0.25) is 0 Å². The highest BCUT2D eigenvalue weighted by Gasteiger charge is 2.20. The average molecular weight is 344 g/mol. The van der Waals surface area contributed by atoms with Gasteiger partial charge in [-0.1, -0.05) is 12.1 Å². The number of aromatic nitrogens is 2. The van der Waals surface area contributed by atoms with Crippen LogP contribution in [0.25, 0.3) is 11.0 Å². The summed E-state index contributed by atoms with van der Waals surface area (Å²) in [5.41, 5.74) is 1.73. The first-order chi connectivity index (χ1) is 11.6. The molecule has 2 aromatic heterocycles. The molecule has 3 aromatic rings. The Morgan fingerprint density at radius 2 is 2.04 bits per heavy atom. The molecule has 0 aliphatic heterocycles. The van der Waals surface area contributed by atoms with E-state index in [9.17, 15) is 9.18 Å². The van der Waals surface area contributed by atoms with Crippen molar-refractivity contribution < 1.29 is 9.18 Å². The predicted octanol–water partition coefficient (Wildman–Crippen LogP) is 3.85. The van der Waals surface area contributed by atoms with Gasteiger partial charge in [-0.15, -0.1) is 11.6 Å². The topological polar surface area (TPSA) is 46.1 Å². The second-order valence-corrected chi connectivity index (χ2v) is 5.64.